The summed E-state index contributed by atoms with van der Waals surface area (Å²) in [6.45, 7) is 7.97. The number of nitrogens with zero attached hydrogens (tertiary/aromatic N) is 2. The van der Waals surface area contributed by atoms with E-state index in [1.807, 2.05) is 12.1 Å². The number of hydrogen-bond acceptors (Lipinski definition) is 2. The molecule has 1 fully saturated rings. The number of unbranched alkanes of at least 4 members (excludes halogenated alkanes) is 5. The summed E-state index contributed by atoms with van der Waals surface area (Å²) < 4.78 is 0. The molecule has 1 aromatic carbocycles. The van der Waals surface area contributed by atoms with Gasteiger partial charge in [-0.2, -0.15) is 0 Å². The van der Waals surface area contributed by atoms with Gasteiger partial charge in [0.25, 0.3) is 0 Å². The lowest BCUT2D eigenvalue weighted by atomic mass is 10.1. The number of piperazine rings is 1. The summed E-state index contributed by atoms with van der Waals surface area (Å²) in [4.78, 5) is 4.99. The molecule has 1 aromatic rings. The van der Waals surface area contributed by atoms with Crippen LogP contribution in [0.3, 0.4) is 0 Å². The highest BCUT2D eigenvalue weighted by Crippen LogP contribution is 2.27. The molecule has 1 aliphatic rings. The van der Waals surface area contributed by atoms with E-state index in [-0.39, 0.29) is 0 Å². The Balaban J connectivity index is 1.66. The molecule has 0 radical (unpaired) electrons. The van der Waals surface area contributed by atoms with Crippen LogP contribution in [0.2, 0.25) is 10.0 Å². The summed E-state index contributed by atoms with van der Waals surface area (Å²) >= 11 is 12.1. The lowest BCUT2D eigenvalue weighted by molar-refractivity contribution is 0.252. The van der Waals surface area contributed by atoms with Crippen molar-refractivity contribution in [3.05, 3.63) is 28.2 Å². The van der Waals surface area contributed by atoms with Crippen LogP contribution >= 0.6 is 23.2 Å². The first-order valence-electron chi connectivity index (χ1n) is 8.63. The molecule has 22 heavy (non-hydrogen) atoms. The zero-order valence-corrected chi connectivity index (χ0v) is 15.2. The predicted molar refractivity (Wildman–Crippen MR) is 98.5 cm³/mol. The Bertz CT molecular complexity index is 443. The maximum absolute atomic E-state index is 6.11. The van der Waals surface area contributed by atoms with Gasteiger partial charge in [-0.3, -0.25) is 4.90 Å². The van der Waals surface area contributed by atoms with Crippen LogP contribution in [0.15, 0.2) is 18.2 Å². The van der Waals surface area contributed by atoms with Crippen molar-refractivity contribution < 1.29 is 0 Å². The Hall–Kier alpha value is -0.440. The molecular weight excluding hydrogens is 315 g/mol. The highest BCUT2D eigenvalue weighted by atomic mass is 35.5. The van der Waals surface area contributed by atoms with Gasteiger partial charge in [-0.25, -0.2) is 0 Å². The summed E-state index contributed by atoms with van der Waals surface area (Å²) in [5.74, 6) is 0. The monoisotopic (exact) mass is 342 g/mol. The van der Waals surface area contributed by atoms with Gasteiger partial charge >= 0.3 is 0 Å². The maximum Gasteiger partial charge on any atom is 0.0612 e. The molecule has 2 nitrogen and oxygen atoms in total. The lowest BCUT2D eigenvalue weighted by Crippen LogP contribution is -2.46. The van der Waals surface area contributed by atoms with E-state index >= 15 is 0 Å². The molecule has 0 atom stereocenters. The second-order valence-electron chi connectivity index (χ2n) is 6.19. The normalized spacial score (nSPS) is 16.2. The van der Waals surface area contributed by atoms with Crippen molar-refractivity contribution in [2.75, 3.05) is 37.6 Å². The molecule has 0 N–H and O–H groups in total. The highest BCUT2D eigenvalue weighted by molar-refractivity contribution is 6.42. The largest absolute Gasteiger partial charge is 0.369 e. The lowest BCUT2D eigenvalue weighted by Gasteiger charge is -2.36. The molecule has 0 amide bonds. The van der Waals surface area contributed by atoms with Crippen LogP contribution < -0.4 is 4.90 Å². The molecule has 0 aromatic heterocycles. The van der Waals surface area contributed by atoms with Gasteiger partial charge in [0.15, 0.2) is 0 Å². The molecule has 0 bridgehead atoms. The van der Waals surface area contributed by atoms with Crippen LogP contribution in [-0.2, 0) is 0 Å². The summed E-state index contributed by atoms with van der Waals surface area (Å²) in [6, 6.07) is 5.94. The van der Waals surface area contributed by atoms with Crippen LogP contribution in [0.5, 0.6) is 0 Å². The van der Waals surface area contributed by atoms with Crippen LogP contribution in [0.25, 0.3) is 0 Å². The molecule has 0 unspecified atom stereocenters. The molecular formula is C18H28Cl2N2. The zero-order chi connectivity index (χ0) is 15.8. The second kappa shape index (κ2) is 9.64. The van der Waals surface area contributed by atoms with E-state index in [2.05, 4.69) is 22.8 Å². The van der Waals surface area contributed by atoms with E-state index in [9.17, 15) is 0 Å². The van der Waals surface area contributed by atoms with E-state index in [0.717, 1.165) is 26.2 Å². The first-order valence-corrected chi connectivity index (χ1v) is 9.38. The minimum atomic E-state index is 0.632. The van der Waals surface area contributed by atoms with Gasteiger partial charge in [0.1, 0.15) is 0 Å². The Morgan fingerprint density at radius 2 is 1.55 bits per heavy atom. The fourth-order valence-electron chi connectivity index (χ4n) is 3.03. The van der Waals surface area contributed by atoms with Crippen molar-refractivity contribution in [1.29, 1.82) is 0 Å². The smallest absolute Gasteiger partial charge is 0.0612 e. The average Bonchev–Trinajstić information content (AvgIpc) is 2.54. The molecule has 0 saturated carbocycles. The third-order valence-corrected chi connectivity index (χ3v) is 5.21. The van der Waals surface area contributed by atoms with Gasteiger partial charge in [-0.1, -0.05) is 62.2 Å². The van der Waals surface area contributed by atoms with E-state index < -0.39 is 0 Å². The van der Waals surface area contributed by atoms with Crippen molar-refractivity contribution in [2.45, 2.75) is 45.4 Å². The molecule has 2 rings (SSSR count). The zero-order valence-electron chi connectivity index (χ0n) is 13.7. The predicted octanol–water partition coefficient (Wildman–Crippen LogP) is 5.48. The average molecular weight is 343 g/mol. The molecule has 4 heteroatoms. The van der Waals surface area contributed by atoms with Gasteiger partial charge in [0.2, 0.25) is 0 Å². The summed E-state index contributed by atoms with van der Waals surface area (Å²) in [7, 11) is 0. The molecule has 124 valence electrons. The Kier molecular flexibility index (Phi) is 7.85. The number of benzene rings is 1. The number of rotatable bonds is 8. The van der Waals surface area contributed by atoms with Crippen molar-refractivity contribution in [3.63, 3.8) is 0 Å². The molecule has 0 spiro atoms. The van der Waals surface area contributed by atoms with Gasteiger partial charge < -0.3 is 4.90 Å². The first kappa shape index (κ1) is 17.9. The molecule has 1 aliphatic heterocycles. The highest BCUT2D eigenvalue weighted by Gasteiger charge is 2.17. The van der Waals surface area contributed by atoms with Crippen LogP contribution in [0.1, 0.15) is 45.4 Å². The summed E-state index contributed by atoms with van der Waals surface area (Å²) in [6.07, 6.45) is 8.25. The topological polar surface area (TPSA) is 6.48 Å². The fourth-order valence-corrected chi connectivity index (χ4v) is 3.32. The van der Waals surface area contributed by atoms with Crippen LogP contribution in [0, 0.1) is 0 Å². The summed E-state index contributed by atoms with van der Waals surface area (Å²) in [5.41, 5.74) is 1.19. The third-order valence-electron chi connectivity index (χ3n) is 4.47. The van der Waals surface area contributed by atoms with Crippen molar-refractivity contribution >= 4 is 28.9 Å². The maximum atomic E-state index is 6.11. The van der Waals surface area contributed by atoms with Gasteiger partial charge in [-0.05, 0) is 31.2 Å². The van der Waals surface area contributed by atoms with Crippen LogP contribution in [0.4, 0.5) is 5.69 Å². The third kappa shape index (κ3) is 5.64. The van der Waals surface area contributed by atoms with E-state index in [1.54, 1.807) is 0 Å². The number of anilines is 1. The SMILES string of the molecule is CCCCCCCCN1CCN(c2ccc(Cl)c(Cl)c2)CC1. The Morgan fingerprint density at radius 3 is 2.23 bits per heavy atom. The van der Waals surface area contributed by atoms with Gasteiger partial charge in [0.05, 0.1) is 10.0 Å². The molecule has 0 aliphatic carbocycles. The second-order valence-corrected chi connectivity index (χ2v) is 7.01. The minimum Gasteiger partial charge on any atom is -0.369 e. The fraction of sp³-hybridized carbons (Fsp3) is 0.667. The number of halogens is 2. The molecule has 1 heterocycles. The Labute approximate surface area is 145 Å². The van der Waals surface area contributed by atoms with Crippen molar-refractivity contribution in [3.8, 4) is 0 Å². The standard InChI is InChI=1S/C18H28Cl2N2/c1-2-3-4-5-6-7-10-21-11-13-22(14-12-21)16-8-9-17(19)18(20)15-16/h8-9,15H,2-7,10-14H2,1H3. The van der Waals surface area contributed by atoms with E-state index in [4.69, 9.17) is 23.2 Å². The number of hydrogen-bond donors (Lipinski definition) is 0. The summed E-state index contributed by atoms with van der Waals surface area (Å²) in [5, 5.41) is 1.28. The van der Waals surface area contributed by atoms with Gasteiger partial charge in [0, 0.05) is 31.9 Å². The first-order chi connectivity index (χ1) is 10.7. The van der Waals surface area contributed by atoms with Crippen molar-refractivity contribution in [1.82, 2.24) is 4.90 Å². The Morgan fingerprint density at radius 1 is 0.864 bits per heavy atom. The van der Waals surface area contributed by atoms with E-state index in [0.29, 0.717) is 10.0 Å². The van der Waals surface area contributed by atoms with Crippen molar-refractivity contribution in [2.24, 2.45) is 0 Å². The quantitative estimate of drug-likeness (QED) is 0.577. The molecule has 1 saturated heterocycles. The van der Waals surface area contributed by atoms with Crippen LogP contribution in [-0.4, -0.2) is 37.6 Å². The van der Waals surface area contributed by atoms with Gasteiger partial charge in [-0.15, -0.1) is 0 Å². The van der Waals surface area contributed by atoms with E-state index in [1.165, 1.54) is 50.8 Å². The minimum absolute atomic E-state index is 0.632.